The molecule has 13 heavy (non-hydrogen) atoms. The molecule has 0 spiro atoms. The molecule has 0 bridgehead atoms. The van der Waals surface area contributed by atoms with Crippen LogP contribution < -0.4 is 5.32 Å². The van der Waals surface area contributed by atoms with Gasteiger partial charge >= 0.3 is 0 Å². The number of aliphatic hydroxyl groups is 1. The lowest BCUT2D eigenvalue weighted by Gasteiger charge is -2.29. The summed E-state index contributed by atoms with van der Waals surface area (Å²) in [6.45, 7) is 7.81. The first kappa shape index (κ1) is 11.0. The van der Waals surface area contributed by atoms with Crippen LogP contribution in [0.1, 0.15) is 33.6 Å². The van der Waals surface area contributed by atoms with Crippen LogP contribution in [0.5, 0.6) is 0 Å². The van der Waals surface area contributed by atoms with Crippen LogP contribution in [0.4, 0.5) is 0 Å². The molecule has 3 unspecified atom stereocenters. The van der Waals surface area contributed by atoms with Crippen LogP contribution in [-0.4, -0.2) is 36.0 Å². The summed E-state index contributed by atoms with van der Waals surface area (Å²) in [6.07, 6.45) is 1.94. The first-order valence-corrected chi connectivity index (χ1v) is 5.09. The molecule has 1 saturated heterocycles. The largest absolute Gasteiger partial charge is 0.393 e. The number of hydrogen-bond acceptors (Lipinski definition) is 3. The van der Waals surface area contributed by atoms with Crippen molar-refractivity contribution < 1.29 is 9.84 Å². The van der Waals surface area contributed by atoms with Crippen molar-refractivity contribution in [1.29, 1.82) is 0 Å². The Morgan fingerprint density at radius 1 is 1.69 bits per heavy atom. The van der Waals surface area contributed by atoms with Crippen LogP contribution in [-0.2, 0) is 4.74 Å². The van der Waals surface area contributed by atoms with Gasteiger partial charge in [-0.3, -0.25) is 0 Å². The maximum absolute atomic E-state index is 9.10. The van der Waals surface area contributed by atoms with Gasteiger partial charge in [0, 0.05) is 12.1 Å². The second kappa shape index (κ2) is 4.40. The first-order chi connectivity index (χ1) is 6.04. The number of ether oxygens (including phenoxy) is 1. The molecule has 0 aliphatic carbocycles. The Bertz CT molecular complexity index is 161. The fraction of sp³-hybridized carbons (Fsp3) is 1.00. The first-order valence-electron chi connectivity index (χ1n) is 5.09. The molecule has 1 heterocycles. The van der Waals surface area contributed by atoms with Crippen molar-refractivity contribution in [2.75, 3.05) is 13.2 Å². The van der Waals surface area contributed by atoms with Crippen molar-refractivity contribution in [2.24, 2.45) is 0 Å². The molecular formula is C10H21NO2. The van der Waals surface area contributed by atoms with Crippen molar-refractivity contribution in [3.63, 3.8) is 0 Å². The minimum absolute atomic E-state index is 0.106. The molecule has 0 saturated carbocycles. The van der Waals surface area contributed by atoms with E-state index in [1.807, 2.05) is 6.92 Å². The molecule has 1 aliphatic rings. The van der Waals surface area contributed by atoms with Gasteiger partial charge in [0.1, 0.15) is 0 Å². The molecule has 3 heteroatoms. The Morgan fingerprint density at radius 3 is 2.85 bits per heavy atom. The van der Waals surface area contributed by atoms with Crippen LogP contribution in [0.3, 0.4) is 0 Å². The standard InChI is InChI=1S/C10H21NO2/c1-8(12)4-6-11-10(3)5-7-13-9(10)2/h8-9,11-12H,4-7H2,1-3H3. The van der Waals surface area contributed by atoms with Gasteiger partial charge in [0.2, 0.25) is 0 Å². The summed E-state index contributed by atoms with van der Waals surface area (Å²) in [5.41, 5.74) is 0.106. The van der Waals surface area contributed by atoms with Crippen molar-refractivity contribution in [3.8, 4) is 0 Å². The summed E-state index contributed by atoms with van der Waals surface area (Å²) in [5.74, 6) is 0. The van der Waals surface area contributed by atoms with Crippen LogP contribution in [0.15, 0.2) is 0 Å². The Kier molecular flexibility index (Phi) is 3.71. The second-order valence-corrected chi connectivity index (χ2v) is 4.24. The van der Waals surface area contributed by atoms with E-state index in [0.29, 0.717) is 0 Å². The molecule has 0 radical (unpaired) electrons. The van der Waals surface area contributed by atoms with Crippen LogP contribution in [0.2, 0.25) is 0 Å². The van der Waals surface area contributed by atoms with E-state index in [0.717, 1.165) is 26.0 Å². The highest BCUT2D eigenvalue weighted by Gasteiger charge is 2.36. The van der Waals surface area contributed by atoms with E-state index in [4.69, 9.17) is 9.84 Å². The summed E-state index contributed by atoms with van der Waals surface area (Å²) in [5, 5.41) is 12.6. The highest BCUT2D eigenvalue weighted by molar-refractivity contribution is 4.93. The zero-order valence-electron chi connectivity index (χ0n) is 8.84. The predicted octanol–water partition coefficient (Wildman–Crippen LogP) is 0.914. The lowest BCUT2D eigenvalue weighted by atomic mass is 9.94. The molecule has 3 nitrogen and oxygen atoms in total. The predicted molar refractivity (Wildman–Crippen MR) is 52.7 cm³/mol. The highest BCUT2D eigenvalue weighted by atomic mass is 16.5. The Labute approximate surface area is 80.5 Å². The van der Waals surface area contributed by atoms with Gasteiger partial charge in [0.25, 0.3) is 0 Å². The van der Waals surface area contributed by atoms with Crippen molar-refractivity contribution >= 4 is 0 Å². The van der Waals surface area contributed by atoms with E-state index >= 15 is 0 Å². The average Bonchev–Trinajstić information content (AvgIpc) is 2.32. The van der Waals surface area contributed by atoms with Crippen LogP contribution >= 0.6 is 0 Å². The Hall–Kier alpha value is -0.120. The maximum atomic E-state index is 9.10. The summed E-state index contributed by atoms with van der Waals surface area (Å²) in [7, 11) is 0. The quantitative estimate of drug-likeness (QED) is 0.687. The third-order valence-corrected chi connectivity index (χ3v) is 2.98. The van der Waals surface area contributed by atoms with Gasteiger partial charge in [-0.1, -0.05) is 0 Å². The number of nitrogens with one attached hydrogen (secondary N) is 1. The van der Waals surface area contributed by atoms with E-state index in [1.54, 1.807) is 0 Å². The van der Waals surface area contributed by atoms with Crippen molar-refractivity contribution in [2.45, 2.75) is 51.4 Å². The summed E-state index contributed by atoms with van der Waals surface area (Å²) in [6, 6.07) is 0. The average molecular weight is 187 g/mol. The molecule has 0 aromatic heterocycles. The second-order valence-electron chi connectivity index (χ2n) is 4.24. The Balaban J connectivity index is 2.26. The van der Waals surface area contributed by atoms with Gasteiger partial charge in [0.05, 0.1) is 12.2 Å². The smallest absolute Gasteiger partial charge is 0.0726 e. The fourth-order valence-corrected chi connectivity index (χ4v) is 1.63. The lowest BCUT2D eigenvalue weighted by Crippen LogP contribution is -2.48. The van der Waals surface area contributed by atoms with Crippen molar-refractivity contribution in [1.82, 2.24) is 5.32 Å². The van der Waals surface area contributed by atoms with E-state index < -0.39 is 0 Å². The number of aliphatic hydroxyl groups excluding tert-OH is 1. The van der Waals surface area contributed by atoms with Crippen LogP contribution in [0.25, 0.3) is 0 Å². The topological polar surface area (TPSA) is 41.5 Å². The zero-order chi connectivity index (χ0) is 9.90. The molecule has 2 N–H and O–H groups in total. The monoisotopic (exact) mass is 187 g/mol. The summed E-state index contributed by atoms with van der Waals surface area (Å²) in [4.78, 5) is 0. The third-order valence-electron chi connectivity index (χ3n) is 2.98. The molecule has 1 fully saturated rings. The van der Waals surface area contributed by atoms with E-state index in [2.05, 4.69) is 19.2 Å². The molecular weight excluding hydrogens is 166 g/mol. The third kappa shape index (κ3) is 2.93. The van der Waals surface area contributed by atoms with Gasteiger partial charge in [-0.15, -0.1) is 0 Å². The van der Waals surface area contributed by atoms with Gasteiger partial charge < -0.3 is 15.2 Å². The minimum Gasteiger partial charge on any atom is -0.393 e. The molecule has 78 valence electrons. The van der Waals surface area contributed by atoms with E-state index in [1.165, 1.54) is 0 Å². The minimum atomic E-state index is -0.214. The van der Waals surface area contributed by atoms with Gasteiger partial charge in [-0.25, -0.2) is 0 Å². The number of rotatable bonds is 4. The molecule has 0 aromatic rings. The fourth-order valence-electron chi connectivity index (χ4n) is 1.63. The van der Waals surface area contributed by atoms with E-state index in [9.17, 15) is 0 Å². The molecule has 3 atom stereocenters. The summed E-state index contributed by atoms with van der Waals surface area (Å²) >= 11 is 0. The van der Waals surface area contributed by atoms with Gasteiger partial charge in [-0.05, 0) is 40.2 Å². The molecule has 0 aromatic carbocycles. The summed E-state index contributed by atoms with van der Waals surface area (Å²) < 4.78 is 5.50. The SMILES string of the molecule is CC(O)CCNC1(C)CCOC1C. The molecule has 0 amide bonds. The van der Waals surface area contributed by atoms with Crippen LogP contribution in [0, 0.1) is 0 Å². The zero-order valence-corrected chi connectivity index (χ0v) is 8.84. The molecule has 1 aliphatic heterocycles. The molecule has 1 rings (SSSR count). The highest BCUT2D eigenvalue weighted by Crippen LogP contribution is 2.24. The normalized spacial score (nSPS) is 36.5. The maximum Gasteiger partial charge on any atom is 0.0726 e. The van der Waals surface area contributed by atoms with Gasteiger partial charge in [-0.2, -0.15) is 0 Å². The van der Waals surface area contributed by atoms with Crippen molar-refractivity contribution in [3.05, 3.63) is 0 Å². The van der Waals surface area contributed by atoms with E-state index in [-0.39, 0.29) is 17.7 Å². The number of hydrogen-bond donors (Lipinski definition) is 2. The van der Waals surface area contributed by atoms with Gasteiger partial charge in [0.15, 0.2) is 0 Å². The Morgan fingerprint density at radius 2 is 2.38 bits per heavy atom. The lowest BCUT2D eigenvalue weighted by molar-refractivity contribution is 0.0865.